The molecule has 3 rings (SSSR count). The average molecular weight is 343 g/mol. The summed E-state index contributed by atoms with van der Waals surface area (Å²) in [5.74, 6) is 0.175. The first-order chi connectivity index (χ1) is 11.8. The molecule has 2 N–H and O–H groups in total. The van der Waals surface area contributed by atoms with E-state index in [2.05, 4.69) is 25.7 Å². The van der Waals surface area contributed by atoms with Gasteiger partial charge in [-0.05, 0) is 45.9 Å². The second kappa shape index (κ2) is 6.12. The van der Waals surface area contributed by atoms with E-state index in [0.29, 0.717) is 23.0 Å². The highest BCUT2D eigenvalue weighted by Crippen LogP contribution is 2.31. The third kappa shape index (κ3) is 3.02. The van der Waals surface area contributed by atoms with Gasteiger partial charge in [0, 0.05) is 11.3 Å². The van der Waals surface area contributed by atoms with Crippen LogP contribution in [0.5, 0.6) is 0 Å². The molecule has 0 saturated carbocycles. The van der Waals surface area contributed by atoms with E-state index in [1.54, 1.807) is 27.7 Å². The van der Waals surface area contributed by atoms with E-state index in [1.165, 1.54) is 24.5 Å². The monoisotopic (exact) mass is 343 g/mol. The Bertz CT molecular complexity index is 896. The zero-order chi connectivity index (χ0) is 18.2. The van der Waals surface area contributed by atoms with Crippen LogP contribution < -0.4 is 5.32 Å². The van der Waals surface area contributed by atoms with Gasteiger partial charge in [0.05, 0.1) is 16.7 Å². The Kier molecular flexibility index (Phi) is 4.12. The summed E-state index contributed by atoms with van der Waals surface area (Å²) in [4.78, 5) is 16.7. The number of nitrogens with one attached hydrogen (secondary N) is 2. The number of aromatic nitrogens is 4. The maximum absolute atomic E-state index is 14.0. The second-order valence-corrected chi connectivity index (χ2v) is 6.31. The van der Waals surface area contributed by atoms with Gasteiger partial charge in [0.1, 0.15) is 17.9 Å². The lowest BCUT2D eigenvalue weighted by Crippen LogP contribution is -2.35. The van der Waals surface area contributed by atoms with E-state index >= 15 is 0 Å². The van der Waals surface area contributed by atoms with Crippen molar-refractivity contribution in [2.45, 2.75) is 33.1 Å². The molecule has 0 saturated heterocycles. The third-order valence-electron chi connectivity index (χ3n) is 4.12. The molecule has 7 nitrogen and oxygen atoms in total. The minimum atomic E-state index is -0.866. The van der Waals surface area contributed by atoms with Gasteiger partial charge in [0.2, 0.25) is 5.91 Å². The Morgan fingerprint density at radius 3 is 2.68 bits per heavy atom. The Morgan fingerprint density at radius 1 is 1.32 bits per heavy atom. The van der Waals surface area contributed by atoms with Crippen LogP contribution in [-0.2, 0) is 10.2 Å². The summed E-state index contributed by atoms with van der Waals surface area (Å²) in [5.41, 5.74) is 1.22. The number of hydrogen-bond acceptors (Lipinski definition) is 5. The molecule has 0 aliphatic heterocycles. The molecule has 0 unspecified atom stereocenters. The molecule has 0 atom stereocenters. The fourth-order valence-corrected chi connectivity index (χ4v) is 2.90. The van der Waals surface area contributed by atoms with E-state index in [-0.39, 0.29) is 11.5 Å². The SMILES string of the molecule is Cc1noc(C)c1C(C)(C)C(=O)Nc1ccc(F)c(-c2ncn[nH]2)c1. The van der Waals surface area contributed by atoms with Crippen LogP contribution in [0.1, 0.15) is 30.9 Å². The number of aryl methyl sites for hydroxylation is 2. The van der Waals surface area contributed by atoms with Crippen molar-refractivity contribution in [2.75, 3.05) is 5.32 Å². The van der Waals surface area contributed by atoms with Crippen LogP contribution in [-0.4, -0.2) is 26.2 Å². The number of H-pyrrole nitrogens is 1. The summed E-state index contributed by atoms with van der Waals surface area (Å²) in [5, 5.41) is 13.0. The first-order valence-corrected chi connectivity index (χ1v) is 7.71. The largest absolute Gasteiger partial charge is 0.361 e. The molecular formula is C17H18FN5O2. The number of anilines is 1. The van der Waals surface area contributed by atoms with Crippen molar-refractivity contribution in [1.29, 1.82) is 0 Å². The summed E-state index contributed by atoms with van der Waals surface area (Å²) in [6, 6.07) is 4.28. The van der Waals surface area contributed by atoms with Gasteiger partial charge in [-0.25, -0.2) is 9.37 Å². The number of amides is 1. The third-order valence-corrected chi connectivity index (χ3v) is 4.12. The van der Waals surface area contributed by atoms with Crippen LogP contribution in [0.4, 0.5) is 10.1 Å². The van der Waals surface area contributed by atoms with Gasteiger partial charge < -0.3 is 9.84 Å². The quantitative estimate of drug-likeness (QED) is 0.758. The number of carbonyl (C=O) groups is 1. The van der Waals surface area contributed by atoms with Crippen molar-refractivity contribution in [3.63, 3.8) is 0 Å². The van der Waals surface area contributed by atoms with E-state index in [1.807, 2.05) is 0 Å². The van der Waals surface area contributed by atoms with E-state index in [9.17, 15) is 9.18 Å². The standard InChI is InChI=1S/C17H18FN5O2/c1-9-14(10(2)25-23-9)17(3,4)16(24)21-11-5-6-13(18)12(7-11)15-19-8-20-22-15/h5-8H,1-4H3,(H,21,24)(H,19,20,22). The number of carbonyl (C=O) groups excluding carboxylic acids is 1. The lowest BCUT2D eigenvalue weighted by atomic mass is 9.82. The van der Waals surface area contributed by atoms with Crippen molar-refractivity contribution in [3.05, 3.63) is 47.4 Å². The summed E-state index contributed by atoms with van der Waals surface area (Å²) in [7, 11) is 0. The molecule has 0 bridgehead atoms. The number of aromatic amines is 1. The zero-order valence-corrected chi connectivity index (χ0v) is 14.3. The molecule has 0 radical (unpaired) electrons. The fraction of sp³-hybridized carbons (Fsp3) is 0.294. The van der Waals surface area contributed by atoms with Gasteiger partial charge in [0.25, 0.3) is 0 Å². The summed E-state index contributed by atoms with van der Waals surface area (Å²) in [6.07, 6.45) is 1.29. The zero-order valence-electron chi connectivity index (χ0n) is 14.3. The number of nitrogens with zero attached hydrogens (tertiary/aromatic N) is 3. The first kappa shape index (κ1) is 16.8. The van der Waals surface area contributed by atoms with Gasteiger partial charge in [-0.2, -0.15) is 5.10 Å². The first-order valence-electron chi connectivity index (χ1n) is 7.71. The number of benzene rings is 1. The van der Waals surface area contributed by atoms with Crippen molar-refractivity contribution in [3.8, 4) is 11.4 Å². The maximum atomic E-state index is 14.0. The number of halogens is 1. The molecule has 130 valence electrons. The molecule has 25 heavy (non-hydrogen) atoms. The van der Waals surface area contributed by atoms with E-state index in [4.69, 9.17) is 4.52 Å². The van der Waals surface area contributed by atoms with Crippen LogP contribution in [0.15, 0.2) is 29.0 Å². The van der Waals surface area contributed by atoms with Crippen molar-refractivity contribution in [2.24, 2.45) is 0 Å². The van der Waals surface area contributed by atoms with Crippen molar-refractivity contribution in [1.82, 2.24) is 20.3 Å². The lowest BCUT2D eigenvalue weighted by molar-refractivity contribution is -0.120. The Morgan fingerprint density at radius 2 is 2.08 bits per heavy atom. The smallest absolute Gasteiger partial charge is 0.234 e. The molecule has 0 spiro atoms. The van der Waals surface area contributed by atoms with Crippen LogP contribution >= 0.6 is 0 Å². The van der Waals surface area contributed by atoms with E-state index < -0.39 is 11.2 Å². The van der Waals surface area contributed by atoms with Gasteiger partial charge in [0.15, 0.2) is 5.82 Å². The molecule has 0 aliphatic rings. The van der Waals surface area contributed by atoms with Gasteiger partial charge in [-0.15, -0.1) is 0 Å². The lowest BCUT2D eigenvalue weighted by Gasteiger charge is -2.23. The summed E-state index contributed by atoms with van der Waals surface area (Å²) in [6.45, 7) is 7.14. The van der Waals surface area contributed by atoms with Crippen molar-refractivity contribution >= 4 is 11.6 Å². The topological polar surface area (TPSA) is 96.7 Å². The molecule has 8 heteroatoms. The molecule has 0 aliphatic carbocycles. The van der Waals surface area contributed by atoms with E-state index in [0.717, 1.165) is 5.56 Å². The summed E-state index contributed by atoms with van der Waals surface area (Å²) < 4.78 is 19.2. The predicted molar refractivity (Wildman–Crippen MR) is 89.4 cm³/mol. The second-order valence-electron chi connectivity index (χ2n) is 6.31. The van der Waals surface area contributed by atoms with Gasteiger partial charge in [-0.3, -0.25) is 9.89 Å². The Hall–Kier alpha value is -3.03. The Labute approximate surface area is 143 Å². The van der Waals surface area contributed by atoms with Gasteiger partial charge >= 0.3 is 0 Å². The number of rotatable bonds is 4. The minimum Gasteiger partial charge on any atom is -0.361 e. The molecule has 1 amide bonds. The Balaban J connectivity index is 1.90. The molecule has 0 fully saturated rings. The predicted octanol–water partition coefficient (Wildman–Crippen LogP) is 3.13. The highest BCUT2D eigenvalue weighted by molar-refractivity contribution is 5.99. The molecular weight excluding hydrogens is 325 g/mol. The van der Waals surface area contributed by atoms with Crippen LogP contribution in [0.2, 0.25) is 0 Å². The molecule has 1 aromatic carbocycles. The molecule has 3 aromatic rings. The average Bonchev–Trinajstić information content (AvgIpc) is 3.19. The minimum absolute atomic E-state index is 0.227. The number of hydrogen-bond donors (Lipinski definition) is 2. The molecule has 2 heterocycles. The highest BCUT2D eigenvalue weighted by atomic mass is 19.1. The van der Waals surface area contributed by atoms with Crippen LogP contribution in [0.3, 0.4) is 0 Å². The van der Waals surface area contributed by atoms with Crippen LogP contribution in [0.25, 0.3) is 11.4 Å². The van der Waals surface area contributed by atoms with Crippen LogP contribution in [0, 0.1) is 19.7 Å². The van der Waals surface area contributed by atoms with Gasteiger partial charge in [-0.1, -0.05) is 5.16 Å². The molecule has 2 aromatic heterocycles. The van der Waals surface area contributed by atoms with Crippen molar-refractivity contribution < 1.29 is 13.7 Å². The maximum Gasteiger partial charge on any atom is 0.234 e. The highest BCUT2D eigenvalue weighted by Gasteiger charge is 2.35. The fourth-order valence-electron chi connectivity index (χ4n) is 2.90. The summed E-state index contributed by atoms with van der Waals surface area (Å²) >= 11 is 0. The normalized spacial score (nSPS) is 11.6.